The molecule has 2 aromatic rings. The summed E-state index contributed by atoms with van der Waals surface area (Å²) >= 11 is 0. The van der Waals surface area contributed by atoms with Gasteiger partial charge < -0.3 is 5.11 Å². The average molecular weight is 216 g/mol. The molecule has 0 saturated carbocycles. The van der Waals surface area contributed by atoms with Crippen LogP contribution < -0.4 is 0 Å². The molecule has 0 atom stereocenters. The zero-order chi connectivity index (χ0) is 11.5. The van der Waals surface area contributed by atoms with Crippen LogP contribution in [0.3, 0.4) is 0 Å². The van der Waals surface area contributed by atoms with E-state index in [0.29, 0.717) is 6.54 Å². The van der Waals surface area contributed by atoms with Crippen LogP contribution in [-0.2, 0) is 6.54 Å². The Morgan fingerprint density at radius 2 is 2.31 bits per heavy atom. The highest BCUT2D eigenvalue weighted by Crippen LogP contribution is 2.06. The molecule has 1 aromatic carbocycles. The quantitative estimate of drug-likeness (QED) is 0.853. The van der Waals surface area contributed by atoms with Gasteiger partial charge in [0.2, 0.25) is 0 Å². The minimum Gasteiger partial charge on any atom is -0.478 e. The van der Waals surface area contributed by atoms with E-state index in [4.69, 9.17) is 5.11 Å². The number of carboxylic acid groups (broad SMARTS) is 1. The molecule has 0 radical (unpaired) electrons. The van der Waals surface area contributed by atoms with Crippen LogP contribution in [0, 0.1) is 6.92 Å². The molecule has 2 rings (SSSR count). The molecule has 0 aliphatic carbocycles. The zero-order valence-corrected chi connectivity index (χ0v) is 8.92. The number of aromatic carboxylic acids is 1. The number of nitrogens with zero attached hydrogens (tertiary/aromatic N) is 2. The molecule has 1 heterocycles. The van der Waals surface area contributed by atoms with Crippen molar-refractivity contribution in [1.82, 2.24) is 9.78 Å². The second kappa shape index (κ2) is 4.18. The first-order valence-electron chi connectivity index (χ1n) is 4.96. The van der Waals surface area contributed by atoms with Crippen LogP contribution in [0.5, 0.6) is 0 Å². The topological polar surface area (TPSA) is 55.1 Å². The van der Waals surface area contributed by atoms with E-state index >= 15 is 0 Å². The molecular weight excluding hydrogens is 204 g/mol. The number of carboxylic acids is 1. The van der Waals surface area contributed by atoms with Crippen LogP contribution in [0.2, 0.25) is 0 Å². The molecular formula is C12H12N2O2. The maximum Gasteiger partial charge on any atom is 0.338 e. The number of hydrogen-bond donors (Lipinski definition) is 1. The van der Waals surface area contributed by atoms with Crippen molar-refractivity contribution in [2.45, 2.75) is 13.5 Å². The van der Waals surface area contributed by atoms with Crippen LogP contribution in [0.4, 0.5) is 0 Å². The van der Waals surface area contributed by atoms with Crippen molar-refractivity contribution >= 4 is 5.97 Å². The van der Waals surface area contributed by atoms with Gasteiger partial charge in [0.1, 0.15) is 0 Å². The molecule has 0 aliphatic heterocycles. The minimum absolute atomic E-state index is 0.215. The van der Waals surface area contributed by atoms with Gasteiger partial charge in [-0.3, -0.25) is 4.68 Å². The second-order valence-electron chi connectivity index (χ2n) is 3.72. The molecule has 0 amide bonds. The SMILES string of the molecule is Cc1cccc(Cn2cc(C(=O)O)cn2)c1. The molecule has 0 saturated heterocycles. The van der Waals surface area contributed by atoms with Crippen molar-refractivity contribution in [2.75, 3.05) is 0 Å². The lowest BCUT2D eigenvalue weighted by Gasteiger charge is -2.02. The lowest BCUT2D eigenvalue weighted by atomic mass is 10.1. The van der Waals surface area contributed by atoms with E-state index in [2.05, 4.69) is 11.2 Å². The van der Waals surface area contributed by atoms with Crippen molar-refractivity contribution in [3.05, 3.63) is 53.3 Å². The maximum atomic E-state index is 10.7. The summed E-state index contributed by atoms with van der Waals surface area (Å²) in [5, 5.41) is 12.8. The molecule has 4 nitrogen and oxygen atoms in total. The molecule has 0 fully saturated rings. The van der Waals surface area contributed by atoms with Gasteiger partial charge in [0.15, 0.2) is 0 Å². The highest BCUT2D eigenvalue weighted by Gasteiger charge is 2.05. The van der Waals surface area contributed by atoms with E-state index in [-0.39, 0.29) is 5.56 Å². The summed E-state index contributed by atoms with van der Waals surface area (Å²) < 4.78 is 1.62. The van der Waals surface area contributed by atoms with E-state index in [0.717, 1.165) is 5.56 Å². The van der Waals surface area contributed by atoms with Crippen molar-refractivity contribution < 1.29 is 9.90 Å². The lowest BCUT2D eigenvalue weighted by Crippen LogP contribution is -2.00. The van der Waals surface area contributed by atoms with Crippen LogP contribution >= 0.6 is 0 Å². The second-order valence-corrected chi connectivity index (χ2v) is 3.72. The summed E-state index contributed by atoms with van der Waals surface area (Å²) in [5.74, 6) is -0.949. The van der Waals surface area contributed by atoms with Crippen molar-refractivity contribution in [1.29, 1.82) is 0 Å². The molecule has 0 aliphatic rings. The molecule has 1 aromatic heterocycles. The number of aryl methyl sites for hydroxylation is 1. The van der Waals surface area contributed by atoms with Gasteiger partial charge in [-0.15, -0.1) is 0 Å². The summed E-state index contributed by atoms with van der Waals surface area (Å²) in [7, 11) is 0. The van der Waals surface area contributed by atoms with Crippen LogP contribution in [0.1, 0.15) is 21.5 Å². The van der Waals surface area contributed by atoms with Gasteiger partial charge in [-0.05, 0) is 12.5 Å². The van der Waals surface area contributed by atoms with Gasteiger partial charge in [-0.2, -0.15) is 5.10 Å². The third-order valence-electron chi connectivity index (χ3n) is 2.31. The first-order valence-corrected chi connectivity index (χ1v) is 4.96. The fraction of sp³-hybridized carbons (Fsp3) is 0.167. The van der Waals surface area contributed by atoms with Crippen molar-refractivity contribution in [2.24, 2.45) is 0 Å². The van der Waals surface area contributed by atoms with Crippen LogP contribution in [-0.4, -0.2) is 20.9 Å². The largest absolute Gasteiger partial charge is 0.478 e. The summed E-state index contributed by atoms with van der Waals surface area (Å²) in [6.45, 7) is 2.62. The van der Waals surface area contributed by atoms with Crippen molar-refractivity contribution in [3.63, 3.8) is 0 Å². The highest BCUT2D eigenvalue weighted by molar-refractivity contribution is 5.86. The Labute approximate surface area is 93.1 Å². The van der Waals surface area contributed by atoms with E-state index in [1.54, 1.807) is 4.68 Å². The van der Waals surface area contributed by atoms with Gasteiger partial charge in [-0.25, -0.2) is 4.79 Å². The summed E-state index contributed by atoms with van der Waals surface area (Å²) in [6.07, 6.45) is 2.89. The van der Waals surface area contributed by atoms with Gasteiger partial charge in [-0.1, -0.05) is 29.8 Å². The van der Waals surface area contributed by atoms with Gasteiger partial charge in [0, 0.05) is 6.20 Å². The highest BCUT2D eigenvalue weighted by atomic mass is 16.4. The zero-order valence-electron chi connectivity index (χ0n) is 8.92. The third kappa shape index (κ3) is 2.28. The summed E-state index contributed by atoms with van der Waals surface area (Å²) in [6, 6.07) is 8.05. The molecule has 0 bridgehead atoms. The fourth-order valence-electron chi connectivity index (χ4n) is 1.56. The van der Waals surface area contributed by atoms with Gasteiger partial charge in [0.25, 0.3) is 0 Å². The Bertz CT molecular complexity index is 517. The number of aromatic nitrogens is 2. The molecule has 4 heteroatoms. The van der Waals surface area contributed by atoms with E-state index in [1.165, 1.54) is 18.0 Å². The maximum absolute atomic E-state index is 10.7. The number of benzene rings is 1. The first-order chi connectivity index (χ1) is 7.65. The first kappa shape index (κ1) is 10.4. The number of rotatable bonds is 3. The molecule has 0 unspecified atom stereocenters. The Morgan fingerprint density at radius 1 is 1.50 bits per heavy atom. The average Bonchev–Trinajstić information content (AvgIpc) is 2.66. The van der Waals surface area contributed by atoms with Gasteiger partial charge >= 0.3 is 5.97 Å². The Balaban J connectivity index is 2.17. The number of hydrogen-bond acceptors (Lipinski definition) is 2. The van der Waals surface area contributed by atoms with Gasteiger partial charge in [0.05, 0.1) is 18.3 Å². The summed E-state index contributed by atoms with van der Waals surface area (Å²) in [5.41, 5.74) is 2.51. The predicted molar refractivity (Wildman–Crippen MR) is 59.5 cm³/mol. The fourth-order valence-corrected chi connectivity index (χ4v) is 1.56. The molecule has 82 valence electrons. The molecule has 0 spiro atoms. The Morgan fingerprint density at radius 3 is 2.94 bits per heavy atom. The monoisotopic (exact) mass is 216 g/mol. The predicted octanol–water partition coefficient (Wildman–Crippen LogP) is 1.94. The normalized spacial score (nSPS) is 10.3. The smallest absolute Gasteiger partial charge is 0.338 e. The standard InChI is InChI=1S/C12H12N2O2/c1-9-3-2-4-10(5-9)7-14-8-11(6-13-14)12(15)16/h2-6,8H,7H2,1H3,(H,15,16). The third-order valence-corrected chi connectivity index (χ3v) is 2.31. The summed E-state index contributed by atoms with van der Waals surface area (Å²) in [4.78, 5) is 10.7. The van der Waals surface area contributed by atoms with E-state index < -0.39 is 5.97 Å². The van der Waals surface area contributed by atoms with Crippen LogP contribution in [0.25, 0.3) is 0 Å². The molecule has 1 N–H and O–H groups in total. The molecule has 16 heavy (non-hydrogen) atoms. The van der Waals surface area contributed by atoms with E-state index in [1.807, 2.05) is 25.1 Å². The Kier molecular flexibility index (Phi) is 2.72. The van der Waals surface area contributed by atoms with Crippen molar-refractivity contribution in [3.8, 4) is 0 Å². The van der Waals surface area contributed by atoms with Crippen LogP contribution in [0.15, 0.2) is 36.7 Å². The minimum atomic E-state index is -0.949. The number of carbonyl (C=O) groups is 1. The lowest BCUT2D eigenvalue weighted by molar-refractivity contribution is 0.0697. The van der Waals surface area contributed by atoms with E-state index in [9.17, 15) is 4.79 Å². The Hall–Kier alpha value is -2.10.